The number of allylic oxidation sites excluding steroid dienone is 4. The van der Waals surface area contributed by atoms with Crippen molar-refractivity contribution in [3.8, 4) is 11.5 Å². The van der Waals surface area contributed by atoms with E-state index in [0.29, 0.717) is 44.1 Å². The lowest BCUT2D eigenvalue weighted by Crippen LogP contribution is -2.40. The molecule has 0 unspecified atom stereocenters. The lowest BCUT2D eigenvalue weighted by atomic mass is 9.71. The minimum atomic E-state index is -0.384. The molecule has 0 aromatic heterocycles. The lowest BCUT2D eigenvalue weighted by molar-refractivity contribution is -0.117. The predicted octanol–water partition coefficient (Wildman–Crippen LogP) is 6.56. The van der Waals surface area contributed by atoms with Gasteiger partial charge in [0.2, 0.25) is 0 Å². The molecule has 0 bridgehead atoms. The Morgan fingerprint density at radius 1 is 0.897 bits per heavy atom. The highest BCUT2D eigenvalue weighted by atomic mass is 127. The van der Waals surface area contributed by atoms with Crippen LogP contribution in [0, 0.1) is 17.4 Å². The summed E-state index contributed by atoms with van der Waals surface area (Å²) in [6.45, 7) is 5.81. The molecule has 0 fully saturated rings. The maximum absolute atomic E-state index is 13.5. The summed E-state index contributed by atoms with van der Waals surface area (Å²) in [4.78, 5) is 29.3. The van der Waals surface area contributed by atoms with E-state index in [9.17, 15) is 9.59 Å². The summed E-state index contributed by atoms with van der Waals surface area (Å²) in [7, 11) is 3.32. The largest absolute Gasteiger partial charge is 0.493 e. The molecule has 0 amide bonds. The van der Waals surface area contributed by atoms with Crippen molar-refractivity contribution in [3.63, 3.8) is 0 Å². The molecule has 0 atom stereocenters. The van der Waals surface area contributed by atoms with Gasteiger partial charge >= 0.3 is 0 Å². The molecule has 6 nitrogen and oxygen atoms in total. The zero-order valence-electron chi connectivity index (χ0n) is 23.2. The Morgan fingerprint density at radius 3 is 2.15 bits per heavy atom. The number of halogens is 1. The number of hydrogen-bond acceptors (Lipinski definition) is 6. The molecular formula is C32H36INO5. The summed E-state index contributed by atoms with van der Waals surface area (Å²) in [5.74, 6) is 1.17. The van der Waals surface area contributed by atoms with E-state index < -0.39 is 0 Å². The van der Waals surface area contributed by atoms with Crippen LogP contribution in [0.25, 0.3) is 0 Å². The third-order valence-electron chi connectivity index (χ3n) is 8.15. The lowest BCUT2D eigenvalue weighted by Gasteiger charge is -2.44. The van der Waals surface area contributed by atoms with Gasteiger partial charge in [-0.05, 0) is 96.5 Å². The fourth-order valence-electron chi connectivity index (χ4n) is 6.10. The highest BCUT2D eigenvalue weighted by Gasteiger charge is 2.43. The van der Waals surface area contributed by atoms with Gasteiger partial charge in [-0.25, -0.2) is 0 Å². The first-order valence-corrected chi connectivity index (χ1v) is 14.8. The maximum atomic E-state index is 13.5. The third-order valence-corrected chi connectivity index (χ3v) is 8.95. The number of ketones is 2. The number of methoxy groups -OCH3 is 2. The fourth-order valence-corrected chi connectivity index (χ4v) is 6.88. The number of Topliss-reactive ketones (excluding diaryl/α,β-unsaturated/α-hetero) is 2. The Balaban J connectivity index is 1.57. The number of hydrogen-bond donors (Lipinski definition) is 0. The first-order chi connectivity index (χ1) is 18.8. The standard InChI is InChI=1S/C32H36INO5/c1-19-11-12-21(15-20(19)2)18-39-32-23(33)16-22(17-28(32)38-4)29-30-24(7-5-9-26(30)35)34(13-14-37-3)25-8-6-10-27(36)31(25)29/h11-12,15-17,29H,5-10,13-14,18H2,1-4H3. The molecule has 39 heavy (non-hydrogen) atoms. The van der Waals surface area contributed by atoms with Gasteiger partial charge in [-0.2, -0.15) is 0 Å². The number of nitrogens with zero attached hydrogens (tertiary/aromatic N) is 1. The Bertz CT molecular complexity index is 1330. The van der Waals surface area contributed by atoms with Gasteiger partial charge in [-0.15, -0.1) is 0 Å². The van der Waals surface area contributed by atoms with Crippen LogP contribution < -0.4 is 9.47 Å². The quantitative estimate of drug-likeness (QED) is 0.305. The number of ether oxygens (including phenoxy) is 3. The van der Waals surface area contributed by atoms with Crippen molar-refractivity contribution < 1.29 is 23.8 Å². The molecule has 2 aromatic rings. The van der Waals surface area contributed by atoms with Crippen LogP contribution in [0.5, 0.6) is 11.5 Å². The normalized spacial score (nSPS) is 17.9. The summed E-state index contributed by atoms with van der Waals surface area (Å²) in [6, 6.07) is 10.4. The van der Waals surface area contributed by atoms with Gasteiger partial charge in [-0.3, -0.25) is 9.59 Å². The number of rotatable bonds is 8. The van der Waals surface area contributed by atoms with Gasteiger partial charge in [0.15, 0.2) is 23.1 Å². The SMILES string of the molecule is COCCN1C2=C(C(=O)CCC2)C(c2cc(I)c(OCc3ccc(C)c(C)c3)c(OC)c2)C2=C1CCCC2=O. The van der Waals surface area contributed by atoms with Crippen LogP contribution in [0.2, 0.25) is 0 Å². The summed E-state index contributed by atoms with van der Waals surface area (Å²) in [6.07, 6.45) is 4.34. The van der Waals surface area contributed by atoms with E-state index in [2.05, 4.69) is 65.6 Å². The Hall–Kier alpha value is -2.65. The van der Waals surface area contributed by atoms with Gasteiger partial charge in [0.1, 0.15) is 6.61 Å². The van der Waals surface area contributed by atoms with Crippen LogP contribution in [0.15, 0.2) is 52.9 Å². The highest BCUT2D eigenvalue weighted by Crippen LogP contribution is 2.50. The van der Waals surface area contributed by atoms with Gasteiger partial charge in [0.25, 0.3) is 0 Å². The number of aryl methyl sites for hydroxylation is 2. The monoisotopic (exact) mass is 641 g/mol. The first-order valence-electron chi connectivity index (χ1n) is 13.7. The molecule has 7 heteroatoms. The topological polar surface area (TPSA) is 65.1 Å². The summed E-state index contributed by atoms with van der Waals surface area (Å²) < 4.78 is 18.4. The van der Waals surface area contributed by atoms with Crippen molar-refractivity contribution in [2.45, 2.75) is 64.9 Å². The second kappa shape index (κ2) is 11.8. The summed E-state index contributed by atoms with van der Waals surface area (Å²) in [5, 5.41) is 0. The fraction of sp³-hybridized carbons (Fsp3) is 0.438. The second-order valence-corrected chi connectivity index (χ2v) is 11.8. The van der Waals surface area contributed by atoms with Crippen molar-refractivity contribution >= 4 is 34.2 Å². The minimum absolute atomic E-state index is 0.137. The van der Waals surface area contributed by atoms with Crippen molar-refractivity contribution in [3.05, 3.63) is 78.7 Å². The molecule has 0 saturated carbocycles. The van der Waals surface area contributed by atoms with Gasteiger partial charge in [0.05, 0.1) is 17.3 Å². The van der Waals surface area contributed by atoms with E-state index in [-0.39, 0.29) is 17.5 Å². The molecule has 1 heterocycles. The van der Waals surface area contributed by atoms with E-state index >= 15 is 0 Å². The summed E-state index contributed by atoms with van der Waals surface area (Å²) in [5.41, 5.74) is 8.14. The van der Waals surface area contributed by atoms with Crippen LogP contribution in [0.3, 0.4) is 0 Å². The Kier molecular flexibility index (Phi) is 8.47. The molecule has 0 N–H and O–H groups in total. The molecule has 5 rings (SSSR count). The number of carbonyl (C=O) groups is 2. The first kappa shape index (κ1) is 27.9. The van der Waals surface area contributed by atoms with E-state index in [1.54, 1.807) is 14.2 Å². The minimum Gasteiger partial charge on any atom is -0.493 e. The third kappa shape index (κ3) is 5.40. The maximum Gasteiger partial charge on any atom is 0.174 e. The van der Waals surface area contributed by atoms with E-state index in [4.69, 9.17) is 14.2 Å². The number of carbonyl (C=O) groups excluding carboxylic acids is 2. The molecule has 3 aliphatic rings. The number of benzene rings is 2. The molecule has 0 spiro atoms. The molecule has 2 aliphatic carbocycles. The van der Waals surface area contributed by atoms with Gasteiger partial charge in [-0.1, -0.05) is 18.2 Å². The average molecular weight is 642 g/mol. The molecule has 0 radical (unpaired) electrons. The van der Waals surface area contributed by atoms with Crippen LogP contribution in [-0.2, 0) is 20.9 Å². The van der Waals surface area contributed by atoms with Crippen molar-refractivity contribution in [2.24, 2.45) is 0 Å². The Labute approximate surface area is 244 Å². The van der Waals surface area contributed by atoms with E-state index in [0.717, 1.165) is 62.9 Å². The van der Waals surface area contributed by atoms with Crippen LogP contribution in [0.1, 0.15) is 66.7 Å². The van der Waals surface area contributed by atoms with Crippen molar-refractivity contribution in [1.82, 2.24) is 4.90 Å². The van der Waals surface area contributed by atoms with Crippen molar-refractivity contribution in [2.75, 3.05) is 27.4 Å². The van der Waals surface area contributed by atoms with Gasteiger partial charge < -0.3 is 19.1 Å². The molecule has 2 aromatic carbocycles. The zero-order valence-corrected chi connectivity index (χ0v) is 25.4. The summed E-state index contributed by atoms with van der Waals surface area (Å²) >= 11 is 2.28. The Morgan fingerprint density at radius 2 is 1.56 bits per heavy atom. The molecular weight excluding hydrogens is 605 g/mol. The molecule has 1 aliphatic heterocycles. The zero-order chi connectivity index (χ0) is 27.7. The van der Waals surface area contributed by atoms with Crippen LogP contribution in [0.4, 0.5) is 0 Å². The van der Waals surface area contributed by atoms with E-state index in [1.165, 1.54) is 11.1 Å². The molecule has 206 valence electrons. The van der Waals surface area contributed by atoms with Crippen LogP contribution >= 0.6 is 22.6 Å². The highest BCUT2D eigenvalue weighted by molar-refractivity contribution is 14.1. The molecule has 0 saturated heterocycles. The van der Waals surface area contributed by atoms with E-state index in [1.807, 2.05) is 6.07 Å². The van der Waals surface area contributed by atoms with Crippen molar-refractivity contribution in [1.29, 1.82) is 0 Å². The van der Waals surface area contributed by atoms with Crippen LogP contribution in [-0.4, -0.2) is 43.8 Å². The average Bonchev–Trinajstić information content (AvgIpc) is 2.92. The van der Waals surface area contributed by atoms with Gasteiger partial charge in [0, 0.05) is 55.0 Å². The predicted molar refractivity (Wildman–Crippen MR) is 159 cm³/mol. The smallest absolute Gasteiger partial charge is 0.174 e. The second-order valence-electron chi connectivity index (χ2n) is 10.6.